The van der Waals surface area contributed by atoms with Crippen LogP contribution in [0, 0.1) is 18.3 Å². The van der Waals surface area contributed by atoms with Gasteiger partial charge in [0, 0.05) is 12.4 Å². The Labute approximate surface area is 164 Å². The number of alkyl halides is 3. The van der Waals surface area contributed by atoms with Crippen LogP contribution < -0.4 is 10.5 Å². The van der Waals surface area contributed by atoms with E-state index in [0.717, 1.165) is 16.4 Å². The summed E-state index contributed by atoms with van der Waals surface area (Å²) in [5, 5.41) is 13.0. The van der Waals surface area contributed by atoms with Crippen molar-refractivity contribution in [1.29, 1.82) is 5.26 Å². The minimum Gasteiger partial charge on any atom is -0.453 e. The summed E-state index contributed by atoms with van der Waals surface area (Å²) in [6.45, 7) is 0.775. The molecule has 2 aromatic heterocycles. The Balaban J connectivity index is 1.95. The lowest BCUT2D eigenvalue weighted by Gasteiger charge is -2.10. The van der Waals surface area contributed by atoms with E-state index < -0.39 is 12.7 Å². The maximum Gasteiger partial charge on any atom is 0.408 e. The fourth-order valence-electron chi connectivity index (χ4n) is 2.63. The Morgan fingerprint density at radius 1 is 1.21 bits per heavy atom. The zero-order chi connectivity index (χ0) is 21.0. The molecule has 0 saturated carbocycles. The van der Waals surface area contributed by atoms with Gasteiger partial charge >= 0.3 is 6.18 Å². The number of ether oxygens (including phenoxy) is 1. The Kier molecular flexibility index (Phi) is 5.79. The van der Waals surface area contributed by atoms with E-state index in [-0.39, 0.29) is 17.2 Å². The van der Waals surface area contributed by atoms with Crippen LogP contribution in [-0.2, 0) is 13.0 Å². The van der Waals surface area contributed by atoms with E-state index in [2.05, 4.69) is 15.1 Å². The van der Waals surface area contributed by atoms with Crippen molar-refractivity contribution in [3.63, 3.8) is 0 Å². The minimum atomic E-state index is -4.40. The molecule has 2 N–H and O–H groups in total. The summed E-state index contributed by atoms with van der Waals surface area (Å²) >= 11 is 0. The summed E-state index contributed by atoms with van der Waals surface area (Å²) in [6.07, 6.45) is 0.680. The Hall–Kier alpha value is -3.45. The third-order valence-electron chi connectivity index (χ3n) is 3.95. The number of nitrogens with two attached hydrogens (primary N) is 1. The van der Waals surface area contributed by atoms with Gasteiger partial charge in [-0.25, -0.2) is 9.97 Å². The van der Waals surface area contributed by atoms with Gasteiger partial charge in [-0.1, -0.05) is 0 Å². The van der Waals surface area contributed by atoms with E-state index in [1.807, 2.05) is 6.07 Å². The number of hydrogen-bond donors (Lipinski definition) is 1. The van der Waals surface area contributed by atoms with Gasteiger partial charge in [-0.15, -0.1) is 0 Å². The number of aryl methyl sites for hydroxylation is 1. The first-order valence-corrected chi connectivity index (χ1v) is 8.63. The van der Waals surface area contributed by atoms with E-state index in [4.69, 9.17) is 10.5 Å². The molecule has 0 unspecified atom stereocenters. The molecule has 3 rings (SSSR count). The number of nitrogens with zero attached hydrogens (tertiary/aromatic N) is 5. The second-order valence-corrected chi connectivity index (χ2v) is 6.27. The summed E-state index contributed by atoms with van der Waals surface area (Å²) in [4.78, 5) is 8.60. The summed E-state index contributed by atoms with van der Waals surface area (Å²) in [6, 6.07) is 6.69. The van der Waals surface area contributed by atoms with Crippen molar-refractivity contribution in [3.8, 4) is 29.0 Å². The van der Waals surface area contributed by atoms with Crippen molar-refractivity contribution in [1.82, 2.24) is 19.7 Å². The van der Waals surface area contributed by atoms with E-state index in [9.17, 15) is 18.4 Å². The molecule has 0 aliphatic heterocycles. The molecular weight excluding hydrogens is 385 g/mol. The summed E-state index contributed by atoms with van der Waals surface area (Å²) < 4.78 is 44.4. The van der Waals surface area contributed by atoms with Crippen LogP contribution in [0.2, 0.25) is 0 Å². The average molecular weight is 402 g/mol. The Morgan fingerprint density at radius 2 is 1.93 bits per heavy atom. The number of rotatable bonds is 6. The highest BCUT2D eigenvalue weighted by molar-refractivity contribution is 5.66. The number of aromatic nitrogens is 4. The summed E-state index contributed by atoms with van der Waals surface area (Å²) in [5.74, 6) is 0.737. The lowest BCUT2D eigenvalue weighted by molar-refractivity contribution is -0.142. The summed E-state index contributed by atoms with van der Waals surface area (Å²) in [5.41, 5.74) is 7.49. The third-order valence-corrected chi connectivity index (χ3v) is 3.95. The highest BCUT2D eigenvalue weighted by Crippen LogP contribution is 2.34. The van der Waals surface area contributed by atoms with Crippen LogP contribution in [0.3, 0.4) is 0 Å². The second-order valence-electron chi connectivity index (χ2n) is 6.27. The number of benzene rings is 1. The van der Waals surface area contributed by atoms with E-state index >= 15 is 0 Å². The smallest absolute Gasteiger partial charge is 0.408 e. The van der Waals surface area contributed by atoms with Crippen molar-refractivity contribution in [3.05, 3.63) is 53.6 Å². The van der Waals surface area contributed by atoms with E-state index in [1.54, 1.807) is 24.5 Å². The number of nitriles is 1. The first kappa shape index (κ1) is 20.3. The van der Waals surface area contributed by atoms with Crippen LogP contribution >= 0.6 is 0 Å². The normalized spacial score (nSPS) is 11.3. The molecule has 0 bridgehead atoms. The van der Waals surface area contributed by atoms with Gasteiger partial charge in [0.25, 0.3) is 0 Å². The minimum absolute atomic E-state index is 0.144. The van der Waals surface area contributed by atoms with Crippen molar-refractivity contribution in [2.24, 2.45) is 5.73 Å². The zero-order valence-electron chi connectivity index (χ0n) is 15.4. The lowest BCUT2D eigenvalue weighted by Crippen LogP contribution is -2.17. The zero-order valence-corrected chi connectivity index (χ0v) is 15.4. The van der Waals surface area contributed by atoms with Crippen molar-refractivity contribution in [2.75, 3.05) is 6.54 Å². The van der Waals surface area contributed by atoms with Crippen molar-refractivity contribution >= 4 is 0 Å². The first-order valence-electron chi connectivity index (χ1n) is 8.63. The maximum atomic E-state index is 12.6. The molecule has 0 saturated heterocycles. The van der Waals surface area contributed by atoms with E-state index in [1.165, 1.54) is 13.0 Å². The first-order chi connectivity index (χ1) is 13.8. The van der Waals surface area contributed by atoms with Crippen LogP contribution in [0.5, 0.6) is 11.5 Å². The van der Waals surface area contributed by atoms with Crippen LogP contribution in [-0.4, -0.2) is 32.5 Å². The molecule has 0 aliphatic rings. The molecule has 0 aliphatic carbocycles. The maximum absolute atomic E-state index is 12.6. The second kappa shape index (κ2) is 8.28. The number of halogens is 3. The van der Waals surface area contributed by atoms with Gasteiger partial charge < -0.3 is 10.5 Å². The topological polar surface area (TPSA) is 103 Å². The van der Waals surface area contributed by atoms with Crippen LogP contribution in [0.4, 0.5) is 13.2 Å². The third kappa shape index (κ3) is 5.08. The molecule has 1 aromatic carbocycles. The SMILES string of the molecule is Cc1nn(CC(F)(F)F)cc1Oc1cc(C#N)ccc1-c1ncc(CCN)cn1. The fourth-order valence-corrected chi connectivity index (χ4v) is 2.63. The predicted molar refractivity (Wildman–Crippen MR) is 98.0 cm³/mol. The van der Waals surface area contributed by atoms with Crippen LogP contribution in [0.1, 0.15) is 16.8 Å². The molecular formula is C19H17F3N6O. The molecule has 7 nitrogen and oxygen atoms in total. The predicted octanol–water partition coefficient (Wildman–Crippen LogP) is 3.38. The van der Waals surface area contributed by atoms with Gasteiger partial charge in [0.15, 0.2) is 11.6 Å². The molecule has 0 fully saturated rings. The van der Waals surface area contributed by atoms with Gasteiger partial charge in [0.2, 0.25) is 0 Å². The lowest BCUT2D eigenvalue weighted by atomic mass is 10.1. The van der Waals surface area contributed by atoms with E-state index in [0.29, 0.717) is 29.9 Å². The highest BCUT2D eigenvalue weighted by atomic mass is 19.4. The monoisotopic (exact) mass is 402 g/mol. The quantitative estimate of drug-likeness (QED) is 0.678. The molecule has 0 atom stereocenters. The van der Waals surface area contributed by atoms with Crippen LogP contribution in [0.25, 0.3) is 11.4 Å². The van der Waals surface area contributed by atoms with Gasteiger partial charge in [-0.2, -0.15) is 23.5 Å². The standard InChI is InChI=1S/C19H17F3N6O/c1-12-17(10-28(27-12)11-19(20,21)22)29-16-6-13(7-24)2-3-15(16)18-25-8-14(4-5-23)9-26-18/h2-3,6,8-10H,4-5,11,23H2,1H3. The fraction of sp³-hybridized carbons (Fsp3) is 0.263. The van der Waals surface area contributed by atoms with Crippen molar-refractivity contribution in [2.45, 2.75) is 26.1 Å². The molecule has 0 radical (unpaired) electrons. The average Bonchev–Trinajstić information content (AvgIpc) is 2.99. The van der Waals surface area contributed by atoms with Crippen molar-refractivity contribution < 1.29 is 17.9 Å². The molecule has 150 valence electrons. The largest absolute Gasteiger partial charge is 0.453 e. The molecule has 0 spiro atoms. The van der Waals surface area contributed by atoms with Crippen LogP contribution in [0.15, 0.2) is 36.8 Å². The highest BCUT2D eigenvalue weighted by Gasteiger charge is 2.29. The Bertz CT molecular complexity index is 1040. The molecule has 0 amide bonds. The van der Waals surface area contributed by atoms with Gasteiger partial charge in [0.05, 0.1) is 23.4 Å². The molecule has 3 aromatic rings. The Morgan fingerprint density at radius 3 is 2.55 bits per heavy atom. The molecule has 29 heavy (non-hydrogen) atoms. The molecule has 2 heterocycles. The summed E-state index contributed by atoms with van der Waals surface area (Å²) in [7, 11) is 0. The van der Waals surface area contributed by atoms with Gasteiger partial charge in [-0.3, -0.25) is 4.68 Å². The number of hydrogen-bond acceptors (Lipinski definition) is 6. The van der Waals surface area contributed by atoms with Gasteiger partial charge in [-0.05, 0) is 43.7 Å². The molecule has 10 heteroatoms. The van der Waals surface area contributed by atoms with Gasteiger partial charge in [0.1, 0.15) is 18.0 Å².